The van der Waals surface area contributed by atoms with Gasteiger partial charge in [0.15, 0.2) is 0 Å². The van der Waals surface area contributed by atoms with Crippen molar-refractivity contribution < 1.29 is 0 Å². The van der Waals surface area contributed by atoms with E-state index in [0.29, 0.717) is 0 Å². The van der Waals surface area contributed by atoms with Crippen molar-refractivity contribution in [2.45, 2.75) is 46.2 Å². The monoisotopic (exact) mass is 432 g/mol. The van der Waals surface area contributed by atoms with Crippen molar-refractivity contribution >= 4 is 37.6 Å². The van der Waals surface area contributed by atoms with Gasteiger partial charge in [-0.15, -0.1) is 0 Å². The average molecular weight is 433 g/mol. The van der Waals surface area contributed by atoms with E-state index in [1.54, 1.807) is 0 Å². The van der Waals surface area contributed by atoms with Gasteiger partial charge in [0, 0.05) is 30.7 Å². The summed E-state index contributed by atoms with van der Waals surface area (Å²) in [6.45, 7) is 16.6. The van der Waals surface area contributed by atoms with Gasteiger partial charge in [0.25, 0.3) is 0 Å². The smallest absolute Gasteiger partial charge is 0.144 e. The molecule has 2 aromatic heterocycles. The Kier molecular flexibility index (Phi) is 4.90. The molecule has 6 heteroatoms. The molecule has 0 saturated heterocycles. The lowest BCUT2D eigenvalue weighted by molar-refractivity contribution is 0.886. The van der Waals surface area contributed by atoms with Crippen LogP contribution in [-0.2, 0) is 7.05 Å². The quantitative estimate of drug-likeness (QED) is 0.433. The predicted molar refractivity (Wildman–Crippen MR) is 134 cm³/mol. The Hall–Kier alpha value is -2.45. The second-order valence-corrected chi connectivity index (χ2v) is 20.3. The normalized spacial score (nSPS) is 12.7. The van der Waals surface area contributed by atoms with E-state index >= 15 is 0 Å². The molecule has 2 aromatic carbocycles. The molecule has 2 heterocycles. The molecular weight excluding hydrogens is 400 g/mol. The molecule has 0 aliphatic carbocycles. The summed E-state index contributed by atoms with van der Waals surface area (Å²) in [7, 11) is -1.05. The molecule has 4 aromatic rings. The highest BCUT2D eigenvalue weighted by molar-refractivity contribution is 6.93. The summed E-state index contributed by atoms with van der Waals surface area (Å²) >= 11 is 0. The molecule has 4 rings (SSSR count). The van der Waals surface area contributed by atoms with Crippen LogP contribution in [0.25, 0.3) is 28.1 Å². The molecule has 0 saturated carbocycles. The lowest BCUT2D eigenvalue weighted by Gasteiger charge is -2.29. The number of benzene rings is 2. The lowest BCUT2D eigenvalue weighted by Crippen LogP contribution is -2.49. The van der Waals surface area contributed by atoms with E-state index in [4.69, 9.17) is 9.97 Å². The topological polar surface area (TPSA) is 35.6 Å². The number of imidazole rings is 2. The summed E-state index contributed by atoms with van der Waals surface area (Å²) in [5, 5.41) is 2.99. The van der Waals surface area contributed by atoms with E-state index in [1.807, 2.05) is 13.1 Å². The zero-order valence-corrected chi connectivity index (χ0v) is 21.4. The van der Waals surface area contributed by atoms with E-state index in [0.717, 1.165) is 28.2 Å². The van der Waals surface area contributed by atoms with Crippen LogP contribution in [0, 0.1) is 6.92 Å². The highest BCUT2D eigenvalue weighted by atomic mass is 28.3. The molecule has 0 radical (unpaired) electrons. The van der Waals surface area contributed by atoms with Crippen molar-refractivity contribution in [3.63, 3.8) is 0 Å². The van der Waals surface area contributed by atoms with Crippen LogP contribution >= 0.6 is 0 Å². The molecule has 0 unspecified atom stereocenters. The maximum absolute atomic E-state index is 4.80. The number of hydrogen-bond acceptors (Lipinski definition) is 2. The maximum Gasteiger partial charge on any atom is 0.144 e. The van der Waals surface area contributed by atoms with Gasteiger partial charge in [-0.25, -0.2) is 9.97 Å². The molecule has 4 nitrogen and oxygen atoms in total. The maximum atomic E-state index is 4.80. The second kappa shape index (κ2) is 7.06. The van der Waals surface area contributed by atoms with Crippen LogP contribution in [0.4, 0.5) is 0 Å². The third-order valence-electron chi connectivity index (χ3n) is 5.90. The minimum atomic E-state index is -1.56. The van der Waals surface area contributed by atoms with Crippen molar-refractivity contribution in [2.24, 2.45) is 7.05 Å². The Labute approximate surface area is 181 Å². The molecule has 0 aliphatic rings. The number of nitrogens with zero attached hydrogens (tertiary/aromatic N) is 4. The summed E-state index contributed by atoms with van der Waals surface area (Å²) in [5.74, 6) is 2.01. The highest BCUT2D eigenvalue weighted by Gasteiger charge is 2.29. The number of aryl methyl sites for hydroxylation is 2. The molecule has 156 valence electrons. The van der Waals surface area contributed by atoms with Crippen molar-refractivity contribution in [3.8, 4) is 17.1 Å². The summed E-state index contributed by atoms with van der Waals surface area (Å²) < 4.78 is 4.47. The van der Waals surface area contributed by atoms with Gasteiger partial charge >= 0.3 is 0 Å². The Morgan fingerprint density at radius 1 is 0.867 bits per heavy atom. The fourth-order valence-electron chi connectivity index (χ4n) is 4.17. The zero-order chi connectivity index (χ0) is 21.8. The molecule has 0 atom stereocenters. The van der Waals surface area contributed by atoms with Crippen molar-refractivity contribution in [3.05, 3.63) is 54.6 Å². The SMILES string of the molecule is Cc1nc2cc(-c3nccn3-c3c([Si](C)(C)C)cccc3[Si](C)(C)C)ccc2n1C. The molecule has 0 N–H and O–H groups in total. The second-order valence-electron chi connectivity index (χ2n) is 10.2. The molecule has 0 bridgehead atoms. The van der Waals surface area contributed by atoms with Crippen molar-refractivity contribution in [1.29, 1.82) is 0 Å². The van der Waals surface area contributed by atoms with Crippen LogP contribution in [0.5, 0.6) is 0 Å². The first-order valence-corrected chi connectivity index (χ1v) is 17.6. The standard InChI is InChI=1S/C24H32N4Si2/c1-17-26-19-16-18(12-13-20(19)27(17)2)24-25-14-15-28(24)23-21(29(3,4)5)10-9-11-22(23)30(6,7)8/h9-16H,1-8H3. The zero-order valence-electron chi connectivity index (χ0n) is 19.4. The molecule has 0 amide bonds. The number of rotatable bonds is 4. The fourth-order valence-corrected chi connectivity index (χ4v) is 7.42. The molecule has 0 fully saturated rings. The van der Waals surface area contributed by atoms with Crippen LogP contribution in [0.2, 0.25) is 39.3 Å². The molecule has 0 spiro atoms. The van der Waals surface area contributed by atoms with Crippen LogP contribution in [0.3, 0.4) is 0 Å². The Morgan fingerprint density at radius 2 is 1.50 bits per heavy atom. The van der Waals surface area contributed by atoms with Crippen LogP contribution in [-0.4, -0.2) is 35.2 Å². The first-order chi connectivity index (χ1) is 14.0. The third kappa shape index (κ3) is 3.48. The predicted octanol–water partition coefficient (Wildman–Crippen LogP) is 4.82. The number of fused-ring (bicyclic) bond motifs is 1. The number of aromatic nitrogens is 4. The number of hydrogen-bond donors (Lipinski definition) is 0. The fraction of sp³-hybridized carbons (Fsp3) is 0.333. The summed E-state index contributed by atoms with van der Waals surface area (Å²) in [5.41, 5.74) is 4.64. The van der Waals surface area contributed by atoms with Gasteiger partial charge in [-0.2, -0.15) is 0 Å². The van der Waals surface area contributed by atoms with Gasteiger partial charge in [-0.3, -0.25) is 0 Å². The van der Waals surface area contributed by atoms with Gasteiger partial charge in [0.2, 0.25) is 0 Å². The lowest BCUT2D eigenvalue weighted by atomic mass is 10.2. The number of para-hydroxylation sites is 1. The van der Waals surface area contributed by atoms with E-state index in [2.05, 4.69) is 98.1 Å². The van der Waals surface area contributed by atoms with Gasteiger partial charge in [0.05, 0.1) is 27.2 Å². The van der Waals surface area contributed by atoms with E-state index in [1.165, 1.54) is 16.1 Å². The minimum absolute atomic E-state index is 0.991. The van der Waals surface area contributed by atoms with E-state index in [-0.39, 0.29) is 0 Å². The van der Waals surface area contributed by atoms with Crippen LogP contribution in [0.15, 0.2) is 48.8 Å². The average Bonchev–Trinajstić information content (AvgIpc) is 3.24. The van der Waals surface area contributed by atoms with Gasteiger partial charge in [-0.1, -0.05) is 57.5 Å². The van der Waals surface area contributed by atoms with Gasteiger partial charge < -0.3 is 9.13 Å². The van der Waals surface area contributed by atoms with E-state index in [9.17, 15) is 0 Å². The minimum Gasteiger partial charge on any atom is -0.331 e. The van der Waals surface area contributed by atoms with E-state index < -0.39 is 16.1 Å². The van der Waals surface area contributed by atoms with Crippen LogP contribution in [0.1, 0.15) is 5.82 Å². The molecule has 0 aliphatic heterocycles. The van der Waals surface area contributed by atoms with Gasteiger partial charge in [-0.05, 0) is 35.5 Å². The largest absolute Gasteiger partial charge is 0.331 e. The summed E-state index contributed by atoms with van der Waals surface area (Å²) in [6.07, 6.45) is 4.06. The van der Waals surface area contributed by atoms with Gasteiger partial charge in [0.1, 0.15) is 11.6 Å². The Bertz CT molecular complexity index is 1200. The third-order valence-corrected chi connectivity index (χ3v) is 9.94. The Morgan fingerprint density at radius 3 is 2.10 bits per heavy atom. The first kappa shape index (κ1) is 20.8. The van der Waals surface area contributed by atoms with Crippen molar-refractivity contribution in [1.82, 2.24) is 19.1 Å². The highest BCUT2D eigenvalue weighted by Crippen LogP contribution is 2.26. The molecule has 30 heavy (non-hydrogen) atoms. The first-order valence-electron chi connectivity index (χ1n) is 10.6. The van der Waals surface area contributed by atoms with Crippen molar-refractivity contribution in [2.75, 3.05) is 0 Å². The summed E-state index contributed by atoms with van der Waals surface area (Å²) in [4.78, 5) is 9.54. The Balaban J connectivity index is 1.99. The summed E-state index contributed by atoms with van der Waals surface area (Å²) in [6, 6.07) is 13.4. The van der Waals surface area contributed by atoms with Crippen LogP contribution < -0.4 is 10.4 Å². The molecular formula is C24H32N4Si2.